The molecule has 0 spiro atoms. The van der Waals surface area contributed by atoms with Crippen molar-refractivity contribution in [3.05, 3.63) is 29.2 Å². The molecule has 3 heterocycles. The maximum Gasteiger partial charge on any atom is 0.229 e. The number of hydrogen-bond acceptors (Lipinski definition) is 5. The van der Waals surface area contributed by atoms with Gasteiger partial charge in [-0.2, -0.15) is 10.1 Å². The van der Waals surface area contributed by atoms with Crippen molar-refractivity contribution in [3.8, 4) is 0 Å². The molecule has 0 bridgehead atoms. The molecule has 140 valence electrons. The van der Waals surface area contributed by atoms with Gasteiger partial charge >= 0.3 is 0 Å². The lowest BCUT2D eigenvalue weighted by atomic mass is 10.0. The normalized spacial score (nSPS) is 20.1. The summed E-state index contributed by atoms with van der Waals surface area (Å²) in [4.78, 5) is 19.0. The van der Waals surface area contributed by atoms with Crippen molar-refractivity contribution < 1.29 is 9.32 Å². The van der Waals surface area contributed by atoms with Crippen LogP contribution in [0.2, 0.25) is 0 Å². The number of carbonyl (C=O) groups is 1. The van der Waals surface area contributed by atoms with E-state index in [9.17, 15) is 4.79 Å². The minimum Gasteiger partial charge on any atom is -0.342 e. The molecule has 1 aliphatic heterocycles. The molecule has 2 aromatic rings. The van der Waals surface area contributed by atoms with E-state index in [1.54, 1.807) is 0 Å². The number of nitrogens with zero attached hydrogens (tertiary/aromatic N) is 5. The Hall–Kier alpha value is -2.18. The molecule has 2 fully saturated rings. The predicted octanol–water partition coefficient (Wildman–Crippen LogP) is 2.63. The van der Waals surface area contributed by atoms with Crippen molar-refractivity contribution in [3.63, 3.8) is 0 Å². The minimum atomic E-state index is 0.232. The first-order chi connectivity index (χ1) is 12.6. The second kappa shape index (κ2) is 7.21. The average Bonchev–Trinajstić information content (AvgIpc) is 3.04. The fourth-order valence-electron chi connectivity index (χ4n) is 3.75. The van der Waals surface area contributed by atoms with Crippen LogP contribution in [0.4, 0.5) is 0 Å². The number of likely N-dealkylation sites (tertiary alicyclic amines) is 1. The molecular formula is C19H27N5O2. The van der Waals surface area contributed by atoms with Crippen LogP contribution >= 0.6 is 0 Å². The van der Waals surface area contributed by atoms with Crippen molar-refractivity contribution >= 4 is 5.91 Å². The molecule has 26 heavy (non-hydrogen) atoms. The summed E-state index contributed by atoms with van der Waals surface area (Å²) in [6.07, 6.45) is 5.81. The molecule has 1 atom stereocenters. The van der Waals surface area contributed by atoms with Crippen molar-refractivity contribution in [1.82, 2.24) is 24.8 Å². The number of aromatic nitrogens is 4. The SMILES string of the molecule is Cc1cc(C)n(CCC(=O)N2CCC(CCc3noc(C4CC4)n3)C2)n1. The van der Waals surface area contributed by atoms with Crippen LogP contribution in [0, 0.1) is 19.8 Å². The second-order valence-electron chi connectivity index (χ2n) is 7.76. The quantitative estimate of drug-likeness (QED) is 0.761. The van der Waals surface area contributed by atoms with E-state index in [2.05, 4.69) is 15.2 Å². The summed E-state index contributed by atoms with van der Waals surface area (Å²) in [5.74, 6) is 2.91. The molecule has 1 saturated heterocycles. The van der Waals surface area contributed by atoms with E-state index in [4.69, 9.17) is 4.52 Å². The van der Waals surface area contributed by atoms with Gasteiger partial charge < -0.3 is 9.42 Å². The van der Waals surface area contributed by atoms with Crippen LogP contribution in [-0.4, -0.2) is 43.8 Å². The van der Waals surface area contributed by atoms with Gasteiger partial charge in [0.25, 0.3) is 0 Å². The number of rotatable bonds is 7. The van der Waals surface area contributed by atoms with Gasteiger partial charge in [0.15, 0.2) is 5.82 Å². The molecule has 0 radical (unpaired) electrons. The highest BCUT2D eigenvalue weighted by Crippen LogP contribution is 2.38. The number of aryl methyl sites for hydroxylation is 4. The molecule has 4 rings (SSSR count). The zero-order valence-electron chi connectivity index (χ0n) is 15.6. The second-order valence-corrected chi connectivity index (χ2v) is 7.76. The van der Waals surface area contributed by atoms with Gasteiger partial charge in [0.05, 0.1) is 5.69 Å². The fourth-order valence-corrected chi connectivity index (χ4v) is 3.75. The van der Waals surface area contributed by atoms with Gasteiger partial charge in [0.1, 0.15) is 0 Å². The first-order valence-corrected chi connectivity index (χ1v) is 9.70. The summed E-state index contributed by atoms with van der Waals surface area (Å²) in [5.41, 5.74) is 2.11. The first-order valence-electron chi connectivity index (χ1n) is 9.70. The van der Waals surface area contributed by atoms with Gasteiger partial charge in [0.2, 0.25) is 11.8 Å². The summed E-state index contributed by atoms with van der Waals surface area (Å²) < 4.78 is 7.24. The van der Waals surface area contributed by atoms with Crippen molar-refractivity contribution in [2.45, 2.75) is 64.8 Å². The van der Waals surface area contributed by atoms with Gasteiger partial charge in [-0.1, -0.05) is 5.16 Å². The Morgan fingerprint density at radius 2 is 2.15 bits per heavy atom. The van der Waals surface area contributed by atoms with Crippen LogP contribution in [0.25, 0.3) is 0 Å². The predicted molar refractivity (Wildman–Crippen MR) is 95.6 cm³/mol. The molecule has 1 unspecified atom stereocenters. The van der Waals surface area contributed by atoms with Crippen molar-refractivity contribution in [1.29, 1.82) is 0 Å². The molecule has 7 heteroatoms. The lowest BCUT2D eigenvalue weighted by Gasteiger charge is -2.16. The zero-order valence-corrected chi connectivity index (χ0v) is 15.6. The molecule has 0 N–H and O–H groups in total. The third kappa shape index (κ3) is 3.97. The lowest BCUT2D eigenvalue weighted by Crippen LogP contribution is -2.29. The largest absolute Gasteiger partial charge is 0.342 e. The third-order valence-electron chi connectivity index (χ3n) is 5.47. The van der Waals surface area contributed by atoms with E-state index in [1.807, 2.05) is 29.5 Å². The summed E-state index contributed by atoms with van der Waals surface area (Å²) in [7, 11) is 0. The monoisotopic (exact) mass is 357 g/mol. The Bertz CT molecular complexity index is 777. The molecule has 1 saturated carbocycles. The van der Waals surface area contributed by atoms with Gasteiger partial charge in [-0.05, 0) is 51.5 Å². The Morgan fingerprint density at radius 1 is 1.31 bits per heavy atom. The van der Waals surface area contributed by atoms with Crippen LogP contribution in [0.15, 0.2) is 10.6 Å². The Labute approximate surface area is 153 Å². The van der Waals surface area contributed by atoms with E-state index in [-0.39, 0.29) is 5.91 Å². The molecular weight excluding hydrogens is 330 g/mol. The standard InChI is InChI=1S/C19H27N5O2/c1-13-11-14(2)24(21-13)10-8-18(25)23-9-7-15(12-23)3-6-17-20-19(26-22-17)16-4-5-16/h11,15-16H,3-10,12H2,1-2H3. The number of carbonyl (C=O) groups excluding carboxylic acids is 1. The number of amides is 1. The van der Waals surface area contributed by atoms with Crippen LogP contribution in [0.1, 0.15) is 61.1 Å². The van der Waals surface area contributed by atoms with Crippen LogP contribution in [0.3, 0.4) is 0 Å². The number of hydrogen-bond donors (Lipinski definition) is 0. The van der Waals surface area contributed by atoms with E-state index in [0.717, 1.165) is 55.5 Å². The van der Waals surface area contributed by atoms with Crippen molar-refractivity contribution in [2.24, 2.45) is 5.92 Å². The third-order valence-corrected chi connectivity index (χ3v) is 5.47. The molecule has 2 aliphatic rings. The fraction of sp³-hybridized carbons (Fsp3) is 0.684. The van der Waals surface area contributed by atoms with E-state index in [1.165, 1.54) is 12.8 Å². The smallest absolute Gasteiger partial charge is 0.229 e. The average molecular weight is 357 g/mol. The van der Waals surface area contributed by atoms with Gasteiger partial charge in [0, 0.05) is 44.1 Å². The summed E-state index contributed by atoms with van der Waals surface area (Å²) in [5, 5.41) is 8.52. The molecule has 0 aromatic carbocycles. The Balaban J connectivity index is 1.21. The van der Waals surface area contributed by atoms with E-state index < -0.39 is 0 Å². The van der Waals surface area contributed by atoms with Crippen LogP contribution < -0.4 is 0 Å². The molecule has 1 amide bonds. The summed E-state index contributed by atoms with van der Waals surface area (Å²) >= 11 is 0. The maximum atomic E-state index is 12.5. The van der Waals surface area contributed by atoms with Gasteiger partial charge in [-0.15, -0.1) is 0 Å². The van der Waals surface area contributed by atoms with Crippen molar-refractivity contribution in [2.75, 3.05) is 13.1 Å². The molecule has 2 aromatic heterocycles. The van der Waals surface area contributed by atoms with E-state index in [0.29, 0.717) is 24.8 Å². The van der Waals surface area contributed by atoms with Crippen LogP contribution in [0.5, 0.6) is 0 Å². The first kappa shape index (κ1) is 17.2. The zero-order chi connectivity index (χ0) is 18.1. The summed E-state index contributed by atoms with van der Waals surface area (Å²) in [6.45, 7) is 6.38. The van der Waals surface area contributed by atoms with Gasteiger partial charge in [-0.3, -0.25) is 9.48 Å². The lowest BCUT2D eigenvalue weighted by molar-refractivity contribution is -0.130. The Kier molecular flexibility index (Phi) is 4.78. The van der Waals surface area contributed by atoms with E-state index >= 15 is 0 Å². The highest BCUT2D eigenvalue weighted by molar-refractivity contribution is 5.76. The summed E-state index contributed by atoms with van der Waals surface area (Å²) in [6, 6.07) is 2.04. The van der Waals surface area contributed by atoms with Crippen LogP contribution in [-0.2, 0) is 17.8 Å². The Morgan fingerprint density at radius 3 is 2.88 bits per heavy atom. The molecule has 1 aliphatic carbocycles. The highest BCUT2D eigenvalue weighted by Gasteiger charge is 2.30. The topological polar surface area (TPSA) is 77.0 Å². The van der Waals surface area contributed by atoms with Gasteiger partial charge in [-0.25, -0.2) is 0 Å². The molecule has 7 nitrogen and oxygen atoms in total. The maximum absolute atomic E-state index is 12.5. The highest BCUT2D eigenvalue weighted by atomic mass is 16.5. The minimum absolute atomic E-state index is 0.232.